The van der Waals surface area contributed by atoms with Crippen molar-refractivity contribution in [3.05, 3.63) is 35.9 Å². The lowest BCUT2D eigenvalue weighted by atomic mass is 9.74. The molecule has 1 aromatic carbocycles. The van der Waals surface area contributed by atoms with Crippen molar-refractivity contribution >= 4 is 40.8 Å². The SMILES string of the molecule is CSc1nnc(SCC(=O)NCC2(c3ccccc3)CCOCC2)s1. The zero-order chi connectivity index (χ0) is 17.5. The van der Waals surface area contributed by atoms with Crippen molar-refractivity contribution in [3.63, 3.8) is 0 Å². The fourth-order valence-electron chi connectivity index (χ4n) is 2.91. The second-order valence-corrected chi connectivity index (χ2v) is 9.12. The van der Waals surface area contributed by atoms with Crippen LogP contribution in [0.1, 0.15) is 18.4 Å². The van der Waals surface area contributed by atoms with Crippen LogP contribution in [0.2, 0.25) is 0 Å². The normalized spacial score (nSPS) is 16.5. The number of amides is 1. The number of rotatable bonds is 7. The van der Waals surface area contributed by atoms with Crippen molar-refractivity contribution in [1.82, 2.24) is 15.5 Å². The van der Waals surface area contributed by atoms with Crippen LogP contribution in [0.3, 0.4) is 0 Å². The molecule has 1 saturated heterocycles. The minimum absolute atomic E-state index is 0.0331. The molecule has 1 aliphatic rings. The molecule has 3 rings (SSSR count). The van der Waals surface area contributed by atoms with Crippen molar-refractivity contribution in [1.29, 1.82) is 0 Å². The van der Waals surface area contributed by atoms with Crippen LogP contribution < -0.4 is 5.32 Å². The van der Waals surface area contributed by atoms with E-state index in [1.54, 1.807) is 11.8 Å². The Hall–Kier alpha value is -1.09. The van der Waals surface area contributed by atoms with Crippen molar-refractivity contribution in [2.45, 2.75) is 26.9 Å². The summed E-state index contributed by atoms with van der Waals surface area (Å²) in [6.07, 6.45) is 3.83. The fourth-order valence-corrected chi connectivity index (χ4v) is 5.17. The standard InChI is InChI=1S/C17H21N3O2S3/c1-23-15-19-20-16(25-15)24-11-14(21)18-12-17(7-9-22-10-8-17)13-5-3-2-4-6-13/h2-6H,7-12H2,1H3,(H,18,21). The summed E-state index contributed by atoms with van der Waals surface area (Å²) in [5.41, 5.74) is 1.24. The van der Waals surface area contributed by atoms with Gasteiger partial charge in [0.05, 0.1) is 5.75 Å². The predicted octanol–water partition coefficient (Wildman–Crippen LogP) is 3.22. The summed E-state index contributed by atoms with van der Waals surface area (Å²) in [6.45, 7) is 2.12. The van der Waals surface area contributed by atoms with Crippen LogP contribution in [0.4, 0.5) is 0 Å². The van der Waals surface area contributed by atoms with Crippen LogP contribution in [0.25, 0.3) is 0 Å². The van der Waals surface area contributed by atoms with Gasteiger partial charge in [0, 0.05) is 25.2 Å². The van der Waals surface area contributed by atoms with Gasteiger partial charge in [0.1, 0.15) is 0 Å². The number of nitrogens with one attached hydrogen (secondary N) is 1. The third kappa shape index (κ3) is 4.97. The molecular weight excluding hydrogens is 374 g/mol. The molecule has 2 aromatic rings. The van der Waals surface area contributed by atoms with Crippen LogP contribution in [-0.4, -0.2) is 47.9 Å². The van der Waals surface area contributed by atoms with Crippen molar-refractivity contribution < 1.29 is 9.53 Å². The van der Waals surface area contributed by atoms with E-state index in [-0.39, 0.29) is 11.3 Å². The number of hydrogen-bond acceptors (Lipinski definition) is 7. The third-order valence-corrected chi connectivity index (χ3v) is 7.38. The van der Waals surface area contributed by atoms with Gasteiger partial charge in [0.2, 0.25) is 5.91 Å². The first kappa shape index (κ1) is 18.7. The fraction of sp³-hybridized carbons (Fsp3) is 0.471. The lowest BCUT2D eigenvalue weighted by molar-refractivity contribution is -0.119. The number of aromatic nitrogens is 2. The minimum atomic E-state index is -0.0331. The van der Waals surface area contributed by atoms with E-state index in [1.807, 2.05) is 12.3 Å². The van der Waals surface area contributed by atoms with Gasteiger partial charge in [-0.3, -0.25) is 4.79 Å². The Labute approximate surface area is 160 Å². The molecule has 0 bridgehead atoms. The van der Waals surface area contributed by atoms with Crippen molar-refractivity contribution in [2.24, 2.45) is 0 Å². The number of carbonyl (C=O) groups excluding carboxylic acids is 1. The van der Waals surface area contributed by atoms with E-state index in [1.165, 1.54) is 28.7 Å². The first-order valence-electron chi connectivity index (χ1n) is 8.12. The first-order valence-corrected chi connectivity index (χ1v) is 11.1. The van der Waals surface area contributed by atoms with Gasteiger partial charge in [-0.15, -0.1) is 10.2 Å². The van der Waals surface area contributed by atoms with E-state index >= 15 is 0 Å². The molecule has 1 amide bonds. The molecule has 0 radical (unpaired) electrons. The van der Waals surface area contributed by atoms with Crippen LogP contribution >= 0.6 is 34.9 Å². The van der Waals surface area contributed by atoms with Gasteiger partial charge in [0.25, 0.3) is 0 Å². The molecule has 1 fully saturated rings. The molecule has 0 saturated carbocycles. The molecule has 0 unspecified atom stereocenters. The molecule has 1 N–H and O–H groups in total. The average Bonchev–Trinajstić information content (AvgIpc) is 3.14. The predicted molar refractivity (Wildman–Crippen MR) is 104 cm³/mol. The Morgan fingerprint density at radius 2 is 1.96 bits per heavy atom. The zero-order valence-electron chi connectivity index (χ0n) is 14.1. The maximum absolute atomic E-state index is 12.3. The summed E-state index contributed by atoms with van der Waals surface area (Å²) in [6, 6.07) is 10.4. The van der Waals surface area contributed by atoms with E-state index in [4.69, 9.17) is 4.74 Å². The molecule has 2 heterocycles. The first-order chi connectivity index (χ1) is 12.2. The minimum Gasteiger partial charge on any atom is -0.381 e. The quantitative estimate of drug-likeness (QED) is 0.726. The van der Waals surface area contributed by atoms with E-state index < -0.39 is 0 Å². The summed E-state index contributed by atoms with van der Waals surface area (Å²) in [5, 5.41) is 11.3. The van der Waals surface area contributed by atoms with Crippen molar-refractivity contribution in [2.75, 3.05) is 31.8 Å². The Balaban J connectivity index is 1.56. The number of carbonyl (C=O) groups is 1. The number of hydrogen-bond donors (Lipinski definition) is 1. The van der Waals surface area contributed by atoms with E-state index in [0.717, 1.165) is 34.7 Å². The van der Waals surface area contributed by atoms with E-state index in [0.29, 0.717) is 12.3 Å². The zero-order valence-corrected chi connectivity index (χ0v) is 16.5. The highest BCUT2D eigenvalue weighted by Gasteiger charge is 2.34. The Morgan fingerprint density at radius 3 is 2.64 bits per heavy atom. The number of benzene rings is 1. The monoisotopic (exact) mass is 395 g/mol. The van der Waals surface area contributed by atoms with Crippen LogP contribution in [-0.2, 0) is 14.9 Å². The lowest BCUT2D eigenvalue weighted by Gasteiger charge is -2.38. The third-order valence-electron chi connectivity index (χ3n) is 4.35. The molecule has 8 heteroatoms. The summed E-state index contributed by atoms with van der Waals surface area (Å²) >= 11 is 4.53. The summed E-state index contributed by atoms with van der Waals surface area (Å²) in [4.78, 5) is 12.3. The summed E-state index contributed by atoms with van der Waals surface area (Å²) in [7, 11) is 0. The molecule has 0 spiro atoms. The highest BCUT2D eigenvalue weighted by Crippen LogP contribution is 2.34. The lowest BCUT2D eigenvalue weighted by Crippen LogP contribution is -2.45. The van der Waals surface area contributed by atoms with Gasteiger partial charge in [-0.1, -0.05) is 65.2 Å². The van der Waals surface area contributed by atoms with E-state index in [9.17, 15) is 4.79 Å². The Morgan fingerprint density at radius 1 is 1.24 bits per heavy atom. The van der Waals surface area contributed by atoms with Crippen molar-refractivity contribution in [3.8, 4) is 0 Å². The average molecular weight is 396 g/mol. The van der Waals surface area contributed by atoms with E-state index in [2.05, 4.69) is 39.8 Å². The number of ether oxygens (including phenoxy) is 1. The van der Waals surface area contributed by atoms with Gasteiger partial charge in [-0.25, -0.2) is 0 Å². The molecule has 1 aliphatic heterocycles. The van der Waals surface area contributed by atoms with Crippen LogP contribution in [0, 0.1) is 0 Å². The maximum atomic E-state index is 12.3. The molecule has 0 atom stereocenters. The van der Waals surface area contributed by atoms with Gasteiger partial charge < -0.3 is 10.1 Å². The second-order valence-electron chi connectivity index (χ2n) is 5.86. The second kappa shape index (κ2) is 9.02. The molecule has 1 aromatic heterocycles. The van der Waals surface area contributed by atoms with Crippen LogP contribution in [0.5, 0.6) is 0 Å². The van der Waals surface area contributed by atoms with Gasteiger partial charge in [-0.2, -0.15) is 0 Å². The highest BCUT2D eigenvalue weighted by atomic mass is 32.2. The Bertz CT molecular complexity index is 687. The number of nitrogens with zero attached hydrogens (tertiary/aromatic N) is 2. The molecule has 0 aliphatic carbocycles. The molecule has 5 nitrogen and oxygen atoms in total. The summed E-state index contributed by atoms with van der Waals surface area (Å²) in [5.74, 6) is 0.400. The topological polar surface area (TPSA) is 64.1 Å². The smallest absolute Gasteiger partial charge is 0.230 e. The Kier molecular flexibility index (Phi) is 6.75. The van der Waals surface area contributed by atoms with Crippen LogP contribution in [0.15, 0.2) is 39.0 Å². The molecular formula is C17H21N3O2S3. The van der Waals surface area contributed by atoms with Gasteiger partial charge in [-0.05, 0) is 24.7 Å². The largest absolute Gasteiger partial charge is 0.381 e. The molecule has 134 valence electrons. The summed E-state index contributed by atoms with van der Waals surface area (Å²) < 4.78 is 7.30. The maximum Gasteiger partial charge on any atom is 0.230 e. The highest BCUT2D eigenvalue weighted by molar-refractivity contribution is 8.03. The number of thioether (sulfide) groups is 2. The molecule has 25 heavy (non-hydrogen) atoms. The van der Waals surface area contributed by atoms with Gasteiger partial charge >= 0.3 is 0 Å². The van der Waals surface area contributed by atoms with Gasteiger partial charge in [0.15, 0.2) is 8.68 Å².